The lowest BCUT2D eigenvalue weighted by Crippen LogP contribution is -2.38. The van der Waals surface area contributed by atoms with Crippen molar-refractivity contribution < 1.29 is 9.53 Å². The highest BCUT2D eigenvalue weighted by molar-refractivity contribution is 7.15. The minimum Gasteiger partial charge on any atom is -0.497 e. The summed E-state index contributed by atoms with van der Waals surface area (Å²) >= 11 is 1.87. The molecule has 2 aliphatic rings. The molecule has 2 amide bonds. The minimum atomic E-state index is -0.242. The third-order valence-corrected chi connectivity index (χ3v) is 8.96. The van der Waals surface area contributed by atoms with Crippen molar-refractivity contribution in [2.75, 3.05) is 26.0 Å². The molecule has 2 aromatic heterocycles. The Morgan fingerprint density at radius 3 is 2.59 bits per heavy atom. The number of fused-ring (bicyclic) bond motifs is 5. The Balaban J connectivity index is 1.48. The summed E-state index contributed by atoms with van der Waals surface area (Å²) in [5.74, 6) is 0.802. The number of hydrogen-bond donors (Lipinski definition) is 1. The summed E-state index contributed by atoms with van der Waals surface area (Å²) in [6.45, 7) is 6.71. The van der Waals surface area contributed by atoms with Gasteiger partial charge in [-0.15, -0.1) is 11.3 Å². The van der Waals surface area contributed by atoms with Gasteiger partial charge < -0.3 is 24.4 Å². The number of amides is 2. The average molecular weight is 513 g/mol. The molecule has 4 heterocycles. The van der Waals surface area contributed by atoms with Crippen LogP contribution in [0.4, 0.5) is 10.5 Å². The van der Waals surface area contributed by atoms with Crippen molar-refractivity contribution in [3.05, 3.63) is 99.2 Å². The lowest BCUT2D eigenvalue weighted by Gasteiger charge is -2.32. The predicted molar refractivity (Wildman–Crippen MR) is 149 cm³/mol. The molecule has 0 radical (unpaired) electrons. The van der Waals surface area contributed by atoms with Crippen LogP contribution in [0.5, 0.6) is 5.75 Å². The molecule has 6 nitrogen and oxygen atoms in total. The van der Waals surface area contributed by atoms with Crippen LogP contribution in [0, 0.1) is 13.8 Å². The zero-order chi connectivity index (χ0) is 25.7. The highest BCUT2D eigenvalue weighted by Crippen LogP contribution is 2.43. The van der Waals surface area contributed by atoms with E-state index < -0.39 is 0 Å². The molecule has 37 heavy (non-hydrogen) atoms. The normalized spacial score (nSPS) is 17.0. The van der Waals surface area contributed by atoms with Gasteiger partial charge in [-0.1, -0.05) is 18.2 Å². The average Bonchev–Trinajstić information content (AvgIpc) is 3.47. The molecule has 2 aliphatic heterocycles. The number of ether oxygens (including phenoxy) is 1. The number of likely N-dealkylation sites (N-methyl/N-ethyl adjacent to an activating group) is 1. The van der Waals surface area contributed by atoms with Crippen LogP contribution in [0.1, 0.15) is 44.4 Å². The maximum atomic E-state index is 14.1. The molecule has 1 atom stereocenters. The molecule has 6 rings (SSSR count). The van der Waals surface area contributed by atoms with Crippen molar-refractivity contribution in [1.29, 1.82) is 0 Å². The molecule has 0 aliphatic carbocycles. The molecule has 0 bridgehead atoms. The maximum Gasteiger partial charge on any atom is 0.322 e. The maximum absolute atomic E-state index is 14.1. The summed E-state index contributed by atoms with van der Waals surface area (Å²) in [6.07, 6.45) is 3.15. The van der Waals surface area contributed by atoms with E-state index in [9.17, 15) is 4.79 Å². The number of nitrogens with one attached hydrogen (secondary N) is 1. The van der Waals surface area contributed by atoms with Gasteiger partial charge in [-0.05, 0) is 86.0 Å². The van der Waals surface area contributed by atoms with E-state index in [2.05, 4.69) is 72.2 Å². The Labute approximate surface area is 222 Å². The summed E-state index contributed by atoms with van der Waals surface area (Å²) in [4.78, 5) is 19.9. The zero-order valence-corrected chi connectivity index (χ0v) is 22.6. The lowest BCUT2D eigenvalue weighted by atomic mass is 10.00. The Bertz CT molecular complexity index is 1470. The number of methoxy groups -OCH3 is 1. The molecule has 2 aromatic carbocycles. The minimum absolute atomic E-state index is 0.0995. The van der Waals surface area contributed by atoms with E-state index in [0.29, 0.717) is 6.54 Å². The van der Waals surface area contributed by atoms with E-state index in [1.807, 2.05) is 40.5 Å². The fourth-order valence-corrected chi connectivity index (χ4v) is 6.95. The quantitative estimate of drug-likeness (QED) is 0.351. The summed E-state index contributed by atoms with van der Waals surface area (Å²) in [5, 5.41) is 4.45. The smallest absolute Gasteiger partial charge is 0.322 e. The van der Waals surface area contributed by atoms with E-state index in [1.165, 1.54) is 26.6 Å². The number of urea groups is 1. The number of carbonyl (C=O) groups is 1. The Morgan fingerprint density at radius 2 is 1.84 bits per heavy atom. The van der Waals surface area contributed by atoms with Gasteiger partial charge >= 0.3 is 6.03 Å². The van der Waals surface area contributed by atoms with Crippen molar-refractivity contribution in [1.82, 2.24) is 14.4 Å². The number of aryl methyl sites for hydroxylation is 2. The second-order valence-electron chi connectivity index (χ2n) is 10.1. The van der Waals surface area contributed by atoms with E-state index >= 15 is 0 Å². The zero-order valence-electron chi connectivity index (χ0n) is 21.7. The molecule has 0 saturated heterocycles. The SMILES string of the molecule is COc1ccc([C@@H]2c3cccn3-c3sc4c(c3CN2C(=O)Nc2ccc(C)c(C)c2)CCN(C)C4)cc1. The Morgan fingerprint density at radius 1 is 1.03 bits per heavy atom. The molecule has 7 heteroatoms. The molecule has 0 spiro atoms. The molecule has 1 N–H and O–H groups in total. The molecule has 190 valence electrons. The second-order valence-corrected chi connectivity index (χ2v) is 11.2. The first kappa shape index (κ1) is 23.8. The molecule has 4 aromatic rings. The van der Waals surface area contributed by atoms with Gasteiger partial charge in [0.15, 0.2) is 0 Å². The number of rotatable bonds is 3. The van der Waals surface area contributed by atoms with Gasteiger partial charge in [0.1, 0.15) is 10.8 Å². The summed E-state index contributed by atoms with van der Waals surface area (Å²) in [5.41, 5.74) is 8.02. The first-order valence-electron chi connectivity index (χ1n) is 12.7. The summed E-state index contributed by atoms with van der Waals surface area (Å²) in [7, 11) is 3.85. The van der Waals surface area contributed by atoms with Crippen LogP contribution in [0.15, 0.2) is 60.8 Å². The van der Waals surface area contributed by atoms with Gasteiger partial charge in [0, 0.05) is 35.4 Å². The fraction of sp³-hybridized carbons (Fsp3) is 0.300. The van der Waals surface area contributed by atoms with Crippen LogP contribution in [-0.4, -0.2) is 41.1 Å². The van der Waals surface area contributed by atoms with Crippen molar-refractivity contribution in [2.24, 2.45) is 0 Å². The van der Waals surface area contributed by atoms with E-state index in [-0.39, 0.29) is 12.1 Å². The number of benzene rings is 2. The Hall–Kier alpha value is -3.55. The number of nitrogens with zero attached hydrogens (tertiary/aromatic N) is 3. The second kappa shape index (κ2) is 9.39. The van der Waals surface area contributed by atoms with Crippen LogP contribution in [0.2, 0.25) is 0 Å². The van der Waals surface area contributed by atoms with Gasteiger partial charge in [0.2, 0.25) is 0 Å². The van der Waals surface area contributed by atoms with Gasteiger partial charge in [-0.25, -0.2) is 4.79 Å². The van der Waals surface area contributed by atoms with Gasteiger partial charge in [0.05, 0.1) is 25.4 Å². The third-order valence-electron chi connectivity index (χ3n) is 7.71. The molecule has 0 fully saturated rings. The first-order chi connectivity index (χ1) is 17.9. The number of thiophene rings is 1. The van der Waals surface area contributed by atoms with Crippen LogP contribution < -0.4 is 10.1 Å². The number of carbonyl (C=O) groups excluding carboxylic acids is 1. The van der Waals surface area contributed by atoms with E-state index in [4.69, 9.17) is 4.74 Å². The monoisotopic (exact) mass is 512 g/mol. The van der Waals surface area contributed by atoms with E-state index in [1.54, 1.807) is 7.11 Å². The molecular weight excluding hydrogens is 480 g/mol. The van der Waals surface area contributed by atoms with E-state index in [0.717, 1.165) is 47.8 Å². The number of anilines is 1. The summed E-state index contributed by atoms with van der Waals surface area (Å²) < 4.78 is 7.72. The first-order valence-corrected chi connectivity index (χ1v) is 13.5. The predicted octanol–water partition coefficient (Wildman–Crippen LogP) is 6.29. The molecule has 0 saturated carbocycles. The van der Waals surface area contributed by atoms with Crippen LogP contribution in [0.3, 0.4) is 0 Å². The number of hydrogen-bond acceptors (Lipinski definition) is 4. The largest absolute Gasteiger partial charge is 0.497 e. The van der Waals surface area contributed by atoms with Crippen molar-refractivity contribution in [2.45, 2.75) is 39.4 Å². The van der Waals surface area contributed by atoms with Crippen LogP contribution >= 0.6 is 11.3 Å². The van der Waals surface area contributed by atoms with Crippen molar-refractivity contribution >= 4 is 23.1 Å². The lowest BCUT2D eigenvalue weighted by molar-refractivity contribution is 0.194. The van der Waals surface area contributed by atoms with Crippen molar-refractivity contribution in [3.8, 4) is 10.8 Å². The third kappa shape index (κ3) is 4.22. The van der Waals surface area contributed by atoms with Crippen LogP contribution in [-0.2, 0) is 19.5 Å². The van der Waals surface area contributed by atoms with Gasteiger partial charge in [0.25, 0.3) is 0 Å². The topological polar surface area (TPSA) is 49.7 Å². The van der Waals surface area contributed by atoms with Gasteiger partial charge in [-0.2, -0.15) is 0 Å². The van der Waals surface area contributed by atoms with Gasteiger partial charge in [-0.3, -0.25) is 0 Å². The highest BCUT2D eigenvalue weighted by Gasteiger charge is 2.36. The molecular formula is C30H32N4O2S. The number of aromatic nitrogens is 1. The molecule has 0 unspecified atom stereocenters. The van der Waals surface area contributed by atoms with Crippen molar-refractivity contribution in [3.63, 3.8) is 0 Å². The fourth-order valence-electron chi connectivity index (χ4n) is 5.50. The summed E-state index contributed by atoms with van der Waals surface area (Å²) in [6, 6.07) is 18.1. The van der Waals surface area contributed by atoms with Crippen LogP contribution in [0.25, 0.3) is 5.00 Å². The Kier molecular flexibility index (Phi) is 6.05. The highest BCUT2D eigenvalue weighted by atomic mass is 32.1. The standard InChI is InChI=1S/C30H32N4O2S/c1-19-7-10-22(16-20(19)2)31-30(35)34-17-25-24-13-15-32(3)18-27(24)37-29(25)33-14-5-6-26(33)28(34)21-8-11-23(36-4)12-9-21/h5-12,14,16,28H,13,15,17-18H2,1-4H3,(H,31,35)/t28-/m1/s1.